The first-order chi connectivity index (χ1) is 15.0. The van der Waals surface area contributed by atoms with Crippen LogP contribution >= 0.6 is 0 Å². The highest BCUT2D eigenvalue weighted by Crippen LogP contribution is 2.34. The third-order valence-corrected chi connectivity index (χ3v) is 6.31. The number of hydrogen-bond donors (Lipinski definition) is 2. The van der Waals surface area contributed by atoms with Gasteiger partial charge < -0.3 is 4.90 Å². The van der Waals surface area contributed by atoms with Crippen molar-refractivity contribution in [3.8, 4) is 11.4 Å². The molecule has 9 nitrogen and oxygen atoms in total. The molecule has 4 rings (SSSR count). The molecule has 2 aliphatic heterocycles. The quantitative estimate of drug-likeness (QED) is 0.691. The normalized spacial score (nSPS) is 23.1. The Morgan fingerprint density at radius 2 is 2.09 bits per heavy atom. The molecule has 0 amide bonds. The first-order valence-electron chi connectivity index (χ1n) is 9.82. The van der Waals surface area contributed by atoms with Crippen LogP contribution in [0.2, 0.25) is 0 Å². The van der Waals surface area contributed by atoms with Crippen molar-refractivity contribution < 1.29 is 21.6 Å². The number of allylic oxidation sites excluding steroid dienone is 1. The molecule has 1 fully saturated rings. The molecule has 0 bridgehead atoms. The summed E-state index contributed by atoms with van der Waals surface area (Å²) >= 11 is 0. The number of anilines is 1. The summed E-state index contributed by atoms with van der Waals surface area (Å²) in [5, 5.41) is 0. The Hall–Kier alpha value is -2.93. The van der Waals surface area contributed by atoms with Crippen LogP contribution in [-0.2, 0) is 10.0 Å². The molecule has 32 heavy (non-hydrogen) atoms. The average Bonchev–Trinajstić information content (AvgIpc) is 3.15. The van der Waals surface area contributed by atoms with Crippen molar-refractivity contribution in [1.29, 1.82) is 0 Å². The minimum Gasteiger partial charge on any atom is -0.356 e. The van der Waals surface area contributed by atoms with Gasteiger partial charge in [-0.15, -0.1) is 0 Å². The number of sulfonamides is 1. The van der Waals surface area contributed by atoms with Crippen LogP contribution in [0.5, 0.6) is 0 Å². The molecule has 4 heterocycles. The summed E-state index contributed by atoms with van der Waals surface area (Å²) in [6, 6.07) is 1.67. The van der Waals surface area contributed by atoms with E-state index in [9.17, 15) is 17.2 Å². The highest BCUT2D eigenvalue weighted by Gasteiger charge is 2.40. The molecule has 2 unspecified atom stereocenters. The Morgan fingerprint density at radius 3 is 2.81 bits per heavy atom. The average molecular weight is 469 g/mol. The van der Waals surface area contributed by atoms with Gasteiger partial charge in [-0.05, 0) is 25.5 Å². The van der Waals surface area contributed by atoms with Gasteiger partial charge in [0.2, 0.25) is 10.0 Å². The summed E-state index contributed by atoms with van der Waals surface area (Å²) in [5.41, 5.74) is 1.61. The van der Waals surface area contributed by atoms with Gasteiger partial charge in [-0.25, -0.2) is 37.2 Å². The van der Waals surface area contributed by atoms with E-state index in [1.165, 1.54) is 36.3 Å². The van der Waals surface area contributed by atoms with Crippen LogP contribution in [-0.4, -0.2) is 59.6 Å². The van der Waals surface area contributed by atoms with E-state index in [-0.39, 0.29) is 25.2 Å². The van der Waals surface area contributed by atoms with Gasteiger partial charge in [0.15, 0.2) is 5.82 Å². The Kier molecular flexibility index (Phi) is 5.71. The van der Waals surface area contributed by atoms with E-state index >= 15 is 4.39 Å². The molecular formula is C19H22F3N7O2S. The molecule has 13 heteroatoms. The first kappa shape index (κ1) is 22.3. The number of halogens is 3. The third kappa shape index (κ3) is 4.63. The lowest BCUT2D eigenvalue weighted by Gasteiger charge is -2.41. The highest BCUT2D eigenvalue weighted by molar-refractivity contribution is 7.88. The molecule has 0 saturated carbocycles. The fourth-order valence-electron chi connectivity index (χ4n) is 3.71. The Balaban J connectivity index is 1.59. The van der Waals surface area contributed by atoms with Gasteiger partial charge in [-0.1, -0.05) is 0 Å². The van der Waals surface area contributed by atoms with Crippen LogP contribution in [0, 0.1) is 5.92 Å². The van der Waals surface area contributed by atoms with Crippen LogP contribution in [0.15, 0.2) is 36.4 Å². The van der Waals surface area contributed by atoms with Gasteiger partial charge in [0.25, 0.3) is 6.08 Å². The van der Waals surface area contributed by atoms with E-state index in [0.29, 0.717) is 29.6 Å². The number of alkyl halides is 1. The lowest BCUT2D eigenvalue weighted by atomic mass is 9.84. The molecule has 172 valence electrons. The summed E-state index contributed by atoms with van der Waals surface area (Å²) in [6.45, 7) is 2.06. The molecule has 2 aromatic rings. The maximum absolute atomic E-state index is 15.0. The van der Waals surface area contributed by atoms with Gasteiger partial charge in [-0.3, -0.25) is 5.43 Å². The molecule has 0 aliphatic carbocycles. The smallest absolute Gasteiger partial charge is 0.295 e. The van der Waals surface area contributed by atoms with Gasteiger partial charge in [-0.2, -0.15) is 8.78 Å². The van der Waals surface area contributed by atoms with Gasteiger partial charge >= 0.3 is 0 Å². The van der Waals surface area contributed by atoms with Gasteiger partial charge in [0, 0.05) is 31.6 Å². The zero-order valence-corrected chi connectivity index (χ0v) is 18.2. The van der Waals surface area contributed by atoms with Crippen LogP contribution in [0.4, 0.5) is 19.0 Å². The van der Waals surface area contributed by atoms with Crippen molar-refractivity contribution in [3.05, 3.63) is 42.3 Å². The fourth-order valence-corrected chi connectivity index (χ4v) is 4.21. The highest BCUT2D eigenvalue weighted by atomic mass is 32.2. The number of piperidine rings is 1. The predicted molar refractivity (Wildman–Crippen MR) is 114 cm³/mol. The summed E-state index contributed by atoms with van der Waals surface area (Å²) in [4.78, 5) is 14.6. The standard InChI is InChI=1S/C19H22F3N7O2S/c1-19(22)5-6-28(10-12(19)8-26-32(2,30)31)17-7-14(24-11-25-17)15-9-23-16-4-3-13(18(20)21)27-29(15)16/h3-4,7,9,11-12,26-27H,5-6,8,10H2,1-2H3. The van der Waals surface area contributed by atoms with E-state index < -0.39 is 27.7 Å². The van der Waals surface area contributed by atoms with E-state index in [1.807, 2.05) is 4.90 Å². The SMILES string of the molecule is CC1(F)CCN(c2cc(-c3cnc4n3NC(=C(F)F)C=C4)ncn2)CC1CNS(C)(=O)=O. The Labute approximate surface area is 183 Å². The number of nitrogens with zero attached hydrogens (tertiary/aromatic N) is 5. The number of fused-ring (bicyclic) bond motifs is 1. The van der Waals surface area contributed by atoms with E-state index in [0.717, 1.165) is 6.26 Å². The summed E-state index contributed by atoms with van der Waals surface area (Å²) in [6.07, 6.45) is 4.91. The topological polar surface area (TPSA) is 105 Å². The lowest BCUT2D eigenvalue weighted by Crippen LogP contribution is -2.52. The van der Waals surface area contributed by atoms with E-state index in [4.69, 9.17) is 0 Å². The van der Waals surface area contributed by atoms with Crippen LogP contribution in [0.1, 0.15) is 19.2 Å². The summed E-state index contributed by atoms with van der Waals surface area (Å²) in [5.74, 6) is 0.367. The minimum atomic E-state index is -3.45. The van der Waals surface area contributed by atoms with Crippen LogP contribution in [0.25, 0.3) is 17.5 Å². The molecule has 0 aromatic carbocycles. The second-order valence-corrected chi connectivity index (χ2v) is 9.84. The van der Waals surface area contributed by atoms with Crippen molar-refractivity contribution in [2.75, 3.05) is 36.2 Å². The van der Waals surface area contributed by atoms with E-state index in [1.54, 1.807) is 6.07 Å². The monoisotopic (exact) mass is 469 g/mol. The van der Waals surface area contributed by atoms with Crippen molar-refractivity contribution >= 4 is 21.9 Å². The molecule has 2 aromatic heterocycles. The first-order valence-corrected chi connectivity index (χ1v) is 11.7. The van der Waals surface area contributed by atoms with Crippen molar-refractivity contribution in [2.24, 2.45) is 5.92 Å². The molecule has 2 aliphatic rings. The third-order valence-electron chi connectivity index (χ3n) is 5.62. The molecule has 2 atom stereocenters. The zero-order valence-electron chi connectivity index (χ0n) is 17.4. The molecule has 0 radical (unpaired) electrons. The van der Waals surface area contributed by atoms with Crippen LogP contribution < -0.4 is 15.0 Å². The van der Waals surface area contributed by atoms with Crippen LogP contribution in [0.3, 0.4) is 0 Å². The van der Waals surface area contributed by atoms with Gasteiger partial charge in [0.1, 0.15) is 29.2 Å². The fraction of sp³-hybridized carbons (Fsp3) is 0.421. The van der Waals surface area contributed by atoms with Crippen molar-refractivity contribution in [2.45, 2.75) is 19.0 Å². The number of imidazole rings is 1. The molecule has 0 spiro atoms. The maximum Gasteiger partial charge on any atom is 0.295 e. The summed E-state index contributed by atoms with van der Waals surface area (Å²) in [7, 11) is -3.45. The Bertz CT molecular complexity index is 1190. The predicted octanol–water partition coefficient (Wildman–Crippen LogP) is 2.12. The largest absolute Gasteiger partial charge is 0.356 e. The minimum absolute atomic E-state index is 0.0312. The summed E-state index contributed by atoms with van der Waals surface area (Å²) < 4.78 is 67.7. The second kappa shape index (κ2) is 8.20. The van der Waals surface area contributed by atoms with E-state index in [2.05, 4.69) is 25.1 Å². The molecular weight excluding hydrogens is 447 g/mol. The van der Waals surface area contributed by atoms with Crippen molar-refractivity contribution in [3.63, 3.8) is 0 Å². The second-order valence-electron chi connectivity index (χ2n) is 8.01. The number of nitrogens with one attached hydrogen (secondary N) is 2. The lowest BCUT2D eigenvalue weighted by molar-refractivity contribution is 0.0805. The maximum atomic E-state index is 15.0. The molecule has 2 N–H and O–H groups in total. The number of rotatable bonds is 5. The number of aromatic nitrogens is 4. The number of hydrogen-bond acceptors (Lipinski definition) is 7. The zero-order chi connectivity index (χ0) is 23.1. The van der Waals surface area contributed by atoms with Gasteiger partial charge in [0.05, 0.1) is 18.1 Å². The Morgan fingerprint density at radius 1 is 1.31 bits per heavy atom. The molecule has 1 saturated heterocycles. The van der Waals surface area contributed by atoms with Crippen molar-refractivity contribution in [1.82, 2.24) is 24.4 Å².